The van der Waals surface area contributed by atoms with E-state index in [1.807, 2.05) is 0 Å². The van der Waals surface area contributed by atoms with Crippen LogP contribution in [0.2, 0.25) is 13.1 Å². The first-order chi connectivity index (χ1) is 6.02. The van der Waals surface area contributed by atoms with Crippen molar-refractivity contribution in [2.45, 2.75) is 58.7 Å². The molecule has 2 heteroatoms. The van der Waals surface area contributed by atoms with Crippen LogP contribution in [0.1, 0.15) is 39.5 Å². The summed E-state index contributed by atoms with van der Waals surface area (Å²) in [6.45, 7) is 8.92. The van der Waals surface area contributed by atoms with Crippen molar-refractivity contribution in [2.24, 2.45) is 0 Å². The van der Waals surface area contributed by atoms with Gasteiger partial charge in [-0.3, -0.25) is 0 Å². The summed E-state index contributed by atoms with van der Waals surface area (Å²) in [5, 5.41) is 1.63. The maximum Gasteiger partial charge on any atom is 0.214 e. The summed E-state index contributed by atoms with van der Waals surface area (Å²) in [7, 11) is -1.50. The molecule has 0 unspecified atom stereocenters. The molecule has 0 bridgehead atoms. The maximum absolute atomic E-state index is 6.05. The second-order valence-electron chi connectivity index (χ2n) is 4.65. The van der Waals surface area contributed by atoms with Gasteiger partial charge in [-0.1, -0.05) is 11.3 Å². The normalized spacial score (nSPS) is 19.0. The molecule has 0 heterocycles. The predicted octanol–water partition coefficient (Wildman–Crippen LogP) is 3.66. The standard InChI is InChI=1S/C11H22OSi/c1-10(2)12-13(3,4)11-8-6-5-7-9-11/h8,10H,5-7,9H2,1-4H3. The van der Waals surface area contributed by atoms with Gasteiger partial charge in [0.25, 0.3) is 0 Å². The van der Waals surface area contributed by atoms with E-state index in [9.17, 15) is 0 Å². The molecule has 0 radical (unpaired) electrons. The van der Waals surface area contributed by atoms with Gasteiger partial charge in [-0.05, 0) is 52.6 Å². The summed E-state index contributed by atoms with van der Waals surface area (Å²) in [5.41, 5.74) is 0. The lowest BCUT2D eigenvalue weighted by molar-refractivity contribution is 0.235. The fourth-order valence-corrected chi connectivity index (χ4v) is 4.79. The van der Waals surface area contributed by atoms with Gasteiger partial charge in [0.05, 0.1) is 0 Å². The van der Waals surface area contributed by atoms with Crippen LogP contribution in [-0.2, 0) is 4.43 Å². The third-order valence-corrected chi connectivity index (χ3v) is 5.66. The molecule has 1 rings (SSSR count). The zero-order valence-corrected chi connectivity index (χ0v) is 10.4. The lowest BCUT2D eigenvalue weighted by Crippen LogP contribution is -2.37. The summed E-state index contributed by atoms with van der Waals surface area (Å²) in [5.74, 6) is 0. The Morgan fingerprint density at radius 1 is 1.31 bits per heavy atom. The van der Waals surface area contributed by atoms with Crippen LogP contribution in [0.3, 0.4) is 0 Å². The van der Waals surface area contributed by atoms with E-state index < -0.39 is 8.32 Å². The van der Waals surface area contributed by atoms with Crippen molar-refractivity contribution in [2.75, 3.05) is 0 Å². The van der Waals surface area contributed by atoms with Gasteiger partial charge in [0.1, 0.15) is 0 Å². The van der Waals surface area contributed by atoms with E-state index in [1.54, 1.807) is 5.20 Å². The number of rotatable bonds is 3. The van der Waals surface area contributed by atoms with Gasteiger partial charge >= 0.3 is 0 Å². The predicted molar refractivity (Wildman–Crippen MR) is 60.3 cm³/mol. The van der Waals surface area contributed by atoms with E-state index in [0.717, 1.165) is 0 Å². The van der Waals surface area contributed by atoms with Crippen molar-refractivity contribution < 1.29 is 4.43 Å². The van der Waals surface area contributed by atoms with E-state index in [2.05, 4.69) is 33.0 Å². The van der Waals surface area contributed by atoms with Gasteiger partial charge in [0.2, 0.25) is 8.32 Å². The van der Waals surface area contributed by atoms with Gasteiger partial charge in [-0.15, -0.1) is 0 Å². The van der Waals surface area contributed by atoms with E-state index >= 15 is 0 Å². The maximum atomic E-state index is 6.05. The fraction of sp³-hybridized carbons (Fsp3) is 0.818. The molecule has 0 atom stereocenters. The van der Waals surface area contributed by atoms with E-state index in [0.29, 0.717) is 6.10 Å². The van der Waals surface area contributed by atoms with Crippen LogP contribution in [0.15, 0.2) is 11.3 Å². The van der Waals surface area contributed by atoms with Crippen LogP contribution in [-0.4, -0.2) is 14.4 Å². The lowest BCUT2D eigenvalue weighted by Gasteiger charge is -2.30. The van der Waals surface area contributed by atoms with Crippen molar-refractivity contribution in [3.05, 3.63) is 11.3 Å². The third kappa shape index (κ3) is 3.28. The lowest BCUT2D eigenvalue weighted by atomic mass is 10.1. The number of hydrogen-bond acceptors (Lipinski definition) is 1. The van der Waals surface area contributed by atoms with Crippen molar-refractivity contribution in [3.8, 4) is 0 Å². The largest absolute Gasteiger partial charge is 0.411 e. The van der Waals surface area contributed by atoms with E-state index in [-0.39, 0.29) is 0 Å². The van der Waals surface area contributed by atoms with Crippen molar-refractivity contribution in [1.29, 1.82) is 0 Å². The summed E-state index contributed by atoms with van der Waals surface area (Å²) in [6, 6.07) is 0. The molecule has 1 aliphatic carbocycles. The molecule has 76 valence electrons. The Morgan fingerprint density at radius 2 is 2.00 bits per heavy atom. The van der Waals surface area contributed by atoms with Crippen molar-refractivity contribution in [3.63, 3.8) is 0 Å². The monoisotopic (exact) mass is 198 g/mol. The highest BCUT2D eigenvalue weighted by molar-refractivity contribution is 6.78. The Kier molecular flexibility index (Phi) is 3.74. The highest BCUT2D eigenvalue weighted by Gasteiger charge is 2.29. The molecule has 0 aliphatic heterocycles. The molecule has 0 spiro atoms. The van der Waals surface area contributed by atoms with E-state index in [4.69, 9.17) is 4.43 Å². The highest BCUT2D eigenvalue weighted by Crippen LogP contribution is 2.27. The first kappa shape index (κ1) is 11.0. The Hall–Kier alpha value is -0.0831. The van der Waals surface area contributed by atoms with Gasteiger partial charge in [0.15, 0.2) is 0 Å². The van der Waals surface area contributed by atoms with Crippen molar-refractivity contribution >= 4 is 8.32 Å². The smallest absolute Gasteiger partial charge is 0.214 e. The Balaban J connectivity index is 2.61. The molecule has 0 aromatic carbocycles. The molecule has 0 saturated heterocycles. The highest BCUT2D eigenvalue weighted by atomic mass is 28.4. The zero-order valence-electron chi connectivity index (χ0n) is 9.39. The van der Waals surface area contributed by atoms with Crippen LogP contribution in [0, 0.1) is 0 Å². The summed E-state index contributed by atoms with van der Waals surface area (Å²) in [6.07, 6.45) is 8.10. The van der Waals surface area contributed by atoms with Gasteiger partial charge in [0, 0.05) is 6.10 Å². The van der Waals surface area contributed by atoms with Crippen LogP contribution in [0.5, 0.6) is 0 Å². The minimum Gasteiger partial charge on any atom is -0.411 e. The average Bonchev–Trinajstić information content (AvgIpc) is 2.04. The molecule has 1 aliphatic rings. The molecular formula is C11H22OSi. The van der Waals surface area contributed by atoms with Gasteiger partial charge < -0.3 is 4.43 Å². The minimum atomic E-state index is -1.50. The Bertz CT molecular complexity index is 194. The first-order valence-corrected chi connectivity index (χ1v) is 8.30. The summed E-state index contributed by atoms with van der Waals surface area (Å²) in [4.78, 5) is 0. The first-order valence-electron chi connectivity index (χ1n) is 5.40. The molecule has 0 N–H and O–H groups in total. The summed E-state index contributed by atoms with van der Waals surface area (Å²) < 4.78 is 6.05. The molecule has 1 nitrogen and oxygen atoms in total. The molecule has 0 saturated carbocycles. The topological polar surface area (TPSA) is 9.23 Å². The molecular weight excluding hydrogens is 176 g/mol. The van der Waals surface area contributed by atoms with Crippen molar-refractivity contribution in [1.82, 2.24) is 0 Å². The zero-order chi connectivity index (χ0) is 9.90. The molecule has 0 amide bonds. The summed E-state index contributed by atoms with van der Waals surface area (Å²) >= 11 is 0. The second-order valence-corrected chi connectivity index (χ2v) is 8.55. The Morgan fingerprint density at radius 3 is 2.46 bits per heavy atom. The SMILES string of the molecule is CC(C)O[Si](C)(C)C1=CCCCC1. The average molecular weight is 198 g/mol. The quantitative estimate of drug-likeness (QED) is 0.629. The number of allylic oxidation sites excluding steroid dienone is 2. The molecule has 0 fully saturated rings. The van der Waals surface area contributed by atoms with Crippen LogP contribution in [0.25, 0.3) is 0 Å². The van der Waals surface area contributed by atoms with E-state index in [1.165, 1.54) is 25.7 Å². The van der Waals surface area contributed by atoms with Gasteiger partial charge in [-0.25, -0.2) is 0 Å². The number of hydrogen-bond donors (Lipinski definition) is 0. The third-order valence-electron chi connectivity index (χ3n) is 2.59. The molecule has 13 heavy (non-hydrogen) atoms. The fourth-order valence-electron chi connectivity index (χ4n) is 2.05. The van der Waals surface area contributed by atoms with Crippen LogP contribution >= 0.6 is 0 Å². The van der Waals surface area contributed by atoms with Crippen LogP contribution in [0.4, 0.5) is 0 Å². The van der Waals surface area contributed by atoms with Gasteiger partial charge in [-0.2, -0.15) is 0 Å². The molecule has 0 aromatic heterocycles. The second kappa shape index (κ2) is 4.42. The van der Waals surface area contributed by atoms with Crippen LogP contribution < -0.4 is 0 Å². The Labute approximate surface area is 83.3 Å². The minimum absolute atomic E-state index is 0.379. The molecule has 0 aromatic rings.